The third-order valence-electron chi connectivity index (χ3n) is 4.94. The maximum absolute atomic E-state index is 12.6. The number of rotatable bonds is 5. The molecule has 1 aliphatic rings. The average molecular weight is 417 g/mol. The van der Waals surface area contributed by atoms with Crippen LogP contribution in [0.2, 0.25) is 0 Å². The second-order valence-corrected chi connectivity index (χ2v) is 10.3. The smallest absolute Gasteiger partial charge is 0.263 e. The quantitative estimate of drug-likeness (QED) is 0.813. The van der Waals surface area contributed by atoms with Crippen molar-refractivity contribution in [3.05, 3.63) is 59.7 Å². The summed E-state index contributed by atoms with van der Waals surface area (Å²) < 4.78 is 32.0. The third kappa shape index (κ3) is 5.09. The molecule has 1 heterocycles. The molecule has 2 aromatic rings. The molecule has 0 saturated carbocycles. The molecular formula is C22H28N2O4S. The second kappa shape index (κ2) is 8.06. The third-order valence-corrected chi connectivity index (χ3v) is 6.09. The molecule has 1 N–H and O–H groups in total. The van der Waals surface area contributed by atoms with E-state index in [9.17, 15) is 13.2 Å². The summed E-state index contributed by atoms with van der Waals surface area (Å²) in [5.41, 5.74) is 2.46. The van der Waals surface area contributed by atoms with Crippen LogP contribution in [0.1, 0.15) is 31.9 Å². The SMILES string of the molecule is CC(C)(C)c1ccc2c(c1)N(S(C)(=O)=O)CC(C(=O)NCCc1ccccc1)O2. The Kier molecular flexibility index (Phi) is 5.89. The van der Waals surface area contributed by atoms with E-state index in [4.69, 9.17) is 4.74 Å². The minimum Gasteiger partial charge on any atom is -0.476 e. The Bertz CT molecular complexity index is 982. The predicted molar refractivity (Wildman–Crippen MR) is 115 cm³/mol. The van der Waals surface area contributed by atoms with Gasteiger partial charge in [-0.15, -0.1) is 0 Å². The number of nitrogens with zero attached hydrogens (tertiary/aromatic N) is 1. The first-order chi connectivity index (χ1) is 13.6. The minimum absolute atomic E-state index is 0.0450. The lowest BCUT2D eigenvalue weighted by atomic mass is 9.86. The largest absolute Gasteiger partial charge is 0.476 e. The average Bonchev–Trinajstić information content (AvgIpc) is 2.66. The summed E-state index contributed by atoms with van der Waals surface area (Å²) in [5, 5.41) is 2.85. The number of benzene rings is 2. The van der Waals surface area contributed by atoms with Crippen molar-refractivity contribution in [2.24, 2.45) is 0 Å². The molecule has 0 bridgehead atoms. The van der Waals surface area contributed by atoms with E-state index in [0.717, 1.165) is 17.4 Å². The Morgan fingerprint density at radius 2 is 1.86 bits per heavy atom. The molecule has 0 aliphatic carbocycles. The zero-order valence-corrected chi connectivity index (χ0v) is 18.1. The van der Waals surface area contributed by atoms with Crippen molar-refractivity contribution < 1.29 is 17.9 Å². The lowest BCUT2D eigenvalue weighted by Gasteiger charge is -2.35. The molecule has 29 heavy (non-hydrogen) atoms. The number of carbonyl (C=O) groups is 1. The van der Waals surface area contributed by atoms with Gasteiger partial charge in [0.1, 0.15) is 5.75 Å². The van der Waals surface area contributed by atoms with Gasteiger partial charge < -0.3 is 10.1 Å². The van der Waals surface area contributed by atoms with Crippen molar-refractivity contribution in [1.29, 1.82) is 0 Å². The Morgan fingerprint density at radius 1 is 1.17 bits per heavy atom. The summed E-state index contributed by atoms with van der Waals surface area (Å²) in [6.45, 7) is 6.60. The van der Waals surface area contributed by atoms with Crippen molar-refractivity contribution in [3.8, 4) is 5.75 Å². The van der Waals surface area contributed by atoms with Gasteiger partial charge in [-0.1, -0.05) is 57.2 Å². The van der Waals surface area contributed by atoms with Crippen LogP contribution in [-0.4, -0.2) is 39.8 Å². The fraction of sp³-hybridized carbons (Fsp3) is 0.409. The first kappa shape index (κ1) is 21.2. The van der Waals surface area contributed by atoms with Gasteiger partial charge in [-0.3, -0.25) is 9.10 Å². The van der Waals surface area contributed by atoms with E-state index < -0.39 is 16.1 Å². The van der Waals surface area contributed by atoms with E-state index in [-0.39, 0.29) is 17.9 Å². The molecule has 0 fully saturated rings. The van der Waals surface area contributed by atoms with Gasteiger partial charge in [0.05, 0.1) is 18.5 Å². The fourth-order valence-electron chi connectivity index (χ4n) is 3.26. The lowest BCUT2D eigenvalue weighted by Crippen LogP contribution is -2.50. The highest BCUT2D eigenvalue weighted by Crippen LogP contribution is 2.38. The molecule has 0 radical (unpaired) electrons. The lowest BCUT2D eigenvalue weighted by molar-refractivity contribution is -0.127. The number of fused-ring (bicyclic) bond motifs is 1. The second-order valence-electron chi connectivity index (χ2n) is 8.36. The molecular weight excluding hydrogens is 388 g/mol. The normalized spacial score (nSPS) is 16.7. The molecule has 1 atom stereocenters. The zero-order chi connectivity index (χ0) is 21.2. The first-order valence-corrected chi connectivity index (χ1v) is 11.5. The number of nitrogens with one attached hydrogen (secondary N) is 1. The number of amides is 1. The van der Waals surface area contributed by atoms with E-state index >= 15 is 0 Å². The number of ether oxygens (including phenoxy) is 1. The number of carbonyl (C=O) groups excluding carboxylic acids is 1. The van der Waals surface area contributed by atoms with Gasteiger partial charge in [0, 0.05) is 6.54 Å². The highest BCUT2D eigenvalue weighted by molar-refractivity contribution is 7.92. The zero-order valence-electron chi connectivity index (χ0n) is 17.3. The van der Waals surface area contributed by atoms with Crippen molar-refractivity contribution in [3.63, 3.8) is 0 Å². The molecule has 6 nitrogen and oxygen atoms in total. The van der Waals surface area contributed by atoms with Gasteiger partial charge in [0.25, 0.3) is 5.91 Å². The molecule has 0 saturated heterocycles. The Balaban J connectivity index is 1.77. The molecule has 0 spiro atoms. The van der Waals surface area contributed by atoms with E-state index in [2.05, 4.69) is 26.1 Å². The molecule has 7 heteroatoms. The topological polar surface area (TPSA) is 75.7 Å². The van der Waals surface area contributed by atoms with Crippen molar-refractivity contribution >= 4 is 21.6 Å². The molecule has 156 valence electrons. The van der Waals surface area contributed by atoms with E-state index in [1.807, 2.05) is 42.5 Å². The number of hydrogen-bond acceptors (Lipinski definition) is 4. The summed E-state index contributed by atoms with van der Waals surface area (Å²) in [5.74, 6) is 0.0815. The number of hydrogen-bond donors (Lipinski definition) is 1. The van der Waals surface area contributed by atoms with Crippen LogP contribution in [0.3, 0.4) is 0 Å². The number of anilines is 1. The molecule has 2 aromatic carbocycles. The van der Waals surface area contributed by atoms with Gasteiger partial charge in [0.15, 0.2) is 6.10 Å². The van der Waals surface area contributed by atoms with Crippen LogP contribution in [0.4, 0.5) is 5.69 Å². The minimum atomic E-state index is -3.56. The predicted octanol–water partition coefficient (Wildman–Crippen LogP) is 2.87. The van der Waals surface area contributed by atoms with Crippen LogP contribution in [0.25, 0.3) is 0 Å². The first-order valence-electron chi connectivity index (χ1n) is 9.66. The summed E-state index contributed by atoms with van der Waals surface area (Å²) in [6, 6.07) is 15.3. The maximum atomic E-state index is 12.6. The van der Waals surface area contributed by atoms with Crippen LogP contribution in [0, 0.1) is 0 Å². The highest BCUT2D eigenvalue weighted by Gasteiger charge is 2.35. The van der Waals surface area contributed by atoms with Crippen LogP contribution < -0.4 is 14.4 Å². The van der Waals surface area contributed by atoms with E-state index in [0.29, 0.717) is 24.4 Å². The van der Waals surface area contributed by atoms with Gasteiger partial charge in [-0.2, -0.15) is 0 Å². The van der Waals surface area contributed by atoms with Gasteiger partial charge >= 0.3 is 0 Å². The van der Waals surface area contributed by atoms with E-state index in [1.54, 1.807) is 6.07 Å². The maximum Gasteiger partial charge on any atom is 0.263 e. The van der Waals surface area contributed by atoms with Crippen LogP contribution in [-0.2, 0) is 26.7 Å². The van der Waals surface area contributed by atoms with Gasteiger partial charge in [0.2, 0.25) is 10.0 Å². The standard InChI is InChI=1S/C22H28N2O4S/c1-22(2,3)17-10-11-19-18(14-17)24(29(4,26)27)15-20(28-19)21(25)23-13-12-16-8-6-5-7-9-16/h5-11,14,20H,12-13,15H2,1-4H3,(H,23,25). The molecule has 1 aliphatic heterocycles. The van der Waals surface area contributed by atoms with Crippen LogP contribution in [0.5, 0.6) is 5.75 Å². The Labute approximate surface area is 172 Å². The summed E-state index contributed by atoms with van der Waals surface area (Å²) >= 11 is 0. The van der Waals surface area contributed by atoms with Crippen molar-refractivity contribution in [2.75, 3.05) is 23.7 Å². The molecule has 3 rings (SSSR count). The van der Waals surface area contributed by atoms with Crippen molar-refractivity contribution in [2.45, 2.75) is 38.7 Å². The Morgan fingerprint density at radius 3 is 2.48 bits per heavy atom. The molecule has 1 unspecified atom stereocenters. The van der Waals surface area contributed by atoms with E-state index in [1.165, 1.54) is 4.31 Å². The summed E-state index contributed by atoms with van der Waals surface area (Å²) in [7, 11) is -3.56. The van der Waals surface area contributed by atoms with Gasteiger partial charge in [-0.05, 0) is 35.1 Å². The fourth-order valence-corrected chi connectivity index (χ4v) is 4.16. The number of sulfonamides is 1. The van der Waals surface area contributed by atoms with Gasteiger partial charge in [-0.25, -0.2) is 8.42 Å². The van der Waals surface area contributed by atoms with Crippen molar-refractivity contribution in [1.82, 2.24) is 5.32 Å². The van der Waals surface area contributed by atoms with Crippen LogP contribution >= 0.6 is 0 Å². The summed E-state index contributed by atoms with van der Waals surface area (Å²) in [4.78, 5) is 12.6. The summed E-state index contributed by atoms with van der Waals surface area (Å²) in [6.07, 6.45) is 0.949. The van der Waals surface area contributed by atoms with Crippen LogP contribution in [0.15, 0.2) is 48.5 Å². The molecule has 1 amide bonds. The molecule has 0 aromatic heterocycles. The Hall–Kier alpha value is -2.54. The highest BCUT2D eigenvalue weighted by atomic mass is 32.2. The monoisotopic (exact) mass is 416 g/mol.